The Kier molecular flexibility index (Phi) is 3.48. The summed E-state index contributed by atoms with van der Waals surface area (Å²) < 4.78 is 5.41. The molecule has 0 unspecified atom stereocenters. The van der Waals surface area contributed by atoms with Crippen LogP contribution in [0.1, 0.15) is 32.0 Å². The Morgan fingerprint density at radius 2 is 2.06 bits per heavy atom. The molecule has 18 heavy (non-hydrogen) atoms. The second-order valence-electron chi connectivity index (χ2n) is 5.41. The van der Waals surface area contributed by atoms with Gasteiger partial charge in [0.1, 0.15) is 0 Å². The molecule has 2 aromatic heterocycles. The van der Waals surface area contributed by atoms with Crippen molar-refractivity contribution in [1.29, 1.82) is 0 Å². The summed E-state index contributed by atoms with van der Waals surface area (Å²) in [6.07, 6.45) is 3.43. The van der Waals surface area contributed by atoms with Crippen LogP contribution in [0.15, 0.2) is 29.0 Å². The number of furan rings is 1. The molecule has 2 heterocycles. The topological polar surface area (TPSA) is 51.0 Å². The summed E-state index contributed by atoms with van der Waals surface area (Å²) in [4.78, 5) is 8.77. The molecule has 0 aliphatic heterocycles. The second-order valence-corrected chi connectivity index (χ2v) is 5.41. The van der Waals surface area contributed by atoms with Crippen molar-refractivity contribution in [3.05, 3.63) is 35.9 Å². The van der Waals surface area contributed by atoms with Crippen LogP contribution < -0.4 is 5.32 Å². The fraction of sp³-hybridized carbons (Fsp3) is 0.429. The first-order chi connectivity index (χ1) is 8.46. The molecule has 2 aromatic rings. The van der Waals surface area contributed by atoms with Crippen LogP contribution in [0, 0.1) is 6.92 Å². The van der Waals surface area contributed by atoms with Crippen molar-refractivity contribution < 1.29 is 4.42 Å². The van der Waals surface area contributed by atoms with Gasteiger partial charge in [0, 0.05) is 18.3 Å². The average molecular weight is 245 g/mol. The van der Waals surface area contributed by atoms with Crippen LogP contribution in [0.4, 0.5) is 0 Å². The van der Waals surface area contributed by atoms with Gasteiger partial charge in [-0.05, 0) is 45.4 Å². The number of hydrogen-bond donors (Lipinski definition) is 1. The van der Waals surface area contributed by atoms with E-state index in [1.807, 2.05) is 19.1 Å². The normalized spacial score (nSPS) is 11.8. The quantitative estimate of drug-likeness (QED) is 0.903. The number of nitrogens with zero attached hydrogens (tertiary/aromatic N) is 2. The van der Waals surface area contributed by atoms with E-state index in [-0.39, 0.29) is 5.54 Å². The van der Waals surface area contributed by atoms with E-state index in [0.29, 0.717) is 5.82 Å². The average Bonchev–Trinajstić information content (AvgIpc) is 2.72. The Labute approximate surface area is 107 Å². The van der Waals surface area contributed by atoms with Crippen molar-refractivity contribution in [2.75, 3.05) is 0 Å². The van der Waals surface area contributed by atoms with Gasteiger partial charge < -0.3 is 9.73 Å². The van der Waals surface area contributed by atoms with Gasteiger partial charge in [-0.3, -0.25) is 0 Å². The third-order valence-corrected chi connectivity index (χ3v) is 2.58. The smallest absolute Gasteiger partial charge is 0.196 e. The summed E-state index contributed by atoms with van der Waals surface area (Å²) in [5.41, 5.74) is 2.09. The first kappa shape index (κ1) is 12.8. The molecular weight excluding hydrogens is 226 g/mol. The molecule has 0 saturated carbocycles. The maximum atomic E-state index is 5.41. The number of hydrogen-bond acceptors (Lipinski definition) is 4. The largest absolute Gasteiger partial charge is 0.461 e. The third kappa shape index (κ3) is 3.17. The molecule has 0 amide bonds. The molecule has 0 spiro atoms. The van der Waals surface area contributed by atoms with Gasteiger partial charge in [-0.25, -0.2) is 9.97 Å². The lowest BCUT2D eigenvalue weighted by Gasteiger charge is -2.20. The zero-order chi connectivity index (χ0) is 13.2. The van der Waals surface area contributed by atoms with E-state index in [2.05, 4.69) is 36.1 Å². The molecule has 96 valence electrons. The highest BCUT2D eigenvalue weighted by Crippen LogP contribution is 2.20. The molecule has 4 heteroatoms. The summed E-state index contributed by atoms with van der Waals surface area (Å²) in [6, 6.07) is 3.83. The highest BCUT2D eigenvalue weighted by molar-refractivity contribution is 5.51. The molecule has 2 rings (SSSR count). The van der Waals surface area contributed by atoms with Crippen molar-refractivity contribution in [3.8, 4) is 11.6 Å². The first-order valence-electron chi connectivity index (χ1n) is 6.07. The molecule has 1 N–H and O–H groups in total. The van der Waals surface area contributed by atoms with Gasteiger partial charge in [0.2, 0.25) is 0 Å². The molecule has 0 saturated heterocycles. The van der Waals surface area contributed by atoms with E-state index < -0.39 is 0 Å². The standard InChI is InChI=1S/C14H19N3O/c1-10-6-8-18-12(10)13-15-7-5-11(17-13)9-16-14(2,3)4/h5-8,16H,9H2,1-4H3. The minimum Gasteiger partial charge on any atom is -0.461 e. The monoisotopic (exact) mass is 245 g/mol. The van der Waals surface area contributed by atoms with E-state index in [1.165, 1.54) is 0 Å². The van der Waals surface area contributed by atoms with E-state index in [1.54, 1.807) is 12.5 Å². The lowest BCUT2D eigenvalue weighted by atomic mass is 10.1. The van der Waals surface area contributed by atoms with Crippen LogP contribution >= 0.6 is 0 Å². The minimum atomic E-state index is 0.0751. The highest BCUT2D eigenvalue weighted by atomic mass is 16.3. The molecule has 0 aliphatic rings. The van der Waals surface area contributed by atoms with Crippen LogP contribution in [0.2, 0.25) is 0 Å². The highest BCUT2D eigenvalue weighted by Gasteiger charge is 2.11. The zero-order valence-electron chi connectivity index (χ0n) is 11.3. The number of aryl methyl sites for hydroxylation is 1. The minimum absolute atomic E-state index is 0.0751. The van der Waals surface area contributed by atoms with Gasteiger partial charge >= 0.3 is 0 Å². The number of aromatic nitrogens is 2. The van der Waals surface area contributed by atoms with Crippen LogP contribution in [0.5, 0.6) is 0 Å². The molecule has 0 aliphatic carbocycles. The fourth-order valence-electron chi connectivity index (χ4n) is 1.56. The summed E-state index contributed by atoms with van der Waals surface area (Å²) in [5, 5.41) is 3.40. The van der Waals surface area contributed by atoms with Gasteiger partial charge in [-0.15, -0.1) is 0 Å². The Bertz CT molecular complexity index is 526. The zero-order valence-corrected chi connectivity index (χ0v) is 11.3. The molecule has 0 fully saturated rings. The number of nitrogens with one attached hydrogen (secondary N) is 1. The molecule has 0 bridgehead atoms. The molecule has 4 nitrogen and oxygen atoms in total. The summed E-state index contributed by atoms with van der Waals surface area (Å²) in [6.45, 7) is 9.10. The maximum absolute atomic E-state index is 5.41. The van der Waals surface area contributed by atoms with Crippen LogP contribution in [0.3, 0.4) is 0 Å². The van der Waals surface area contributed by atoms with Crippen LogP contribution in [0.25, 0.3) is 11.6 Å². The van der Waals surface area contributed by atoms with Crippen molar-refractivity contribution in [2.45, 2.75) is 39.8 Å². The lowest BCUT2D eigenvalue weighted by molar-refractivity contribution is 0.421. The van der Waals surface area contributed by atoms with Gasteiger partial charge in [-0.2, -0.15) is 0 Å². The van der Waals surface area contributed by atoms with E-state index in [0.717, 1.165) is 23.6 Å². The lowest BCUT2D eigenvalue weighted by Crippen LogP contribution is -2.35. The van der Waals surface area contributed by atoms with Crippen molar-refractivity contribution in [1.82, 2.24) is 15.3 Å². The Morgan fingerprint density at radius 3 is 2.67 bits per heavy atom. The van der Waals surface area contributed by atoms with Gasteiger partial charge in [0.15, 0.2) is 11.6 Å². The van der Waals surface area contributed by atoms with Crippen LogP contribution in [-0.4, -0.2) is 15.5 Å². The number of rotatable bonds is 3. The molecule has 0 atom stereocenters. The fourth-order valence-corrected chi connectivity index (χ4v) is 1.56. The Hall–Kier alpha value is -1.68. The van der Waals surface area contributed by atoms with Gasteiger partial charge in [-0.1, -0.05) is 0 Å². The molecule has 0 aromatic carbocycles. The van der Waals surface area contributed by atoms with E-state index in [9.17, 15) is 0 Å². The summed E-state index contributed by atoms with van der Waals surface area (Å²) in [5.74, 6) is 1.39. The first-order valence-corrected chi connectivity index (χ1v) is 6.07. The van der Waals surface area contributed by atoms with Crippen molar-refractivity contribution in [3.63, 3.8) is 0 Å². The molecule has 0 radical (unpaired) electrons. The maximum Gasteiger partial charge on any atom is 0.196 e. The predicted octanol–water partition coefficient (Wildman–Crippen LogP) is 2.93. The van der Waals surface area contributed by atoms with E-state index >= 15 is 0 Å². The summed E-state index contributed by atoms with van der Waals surface area (Å²) >= 11 is 0. The predicted molar refractivity (Wildman–Crippen MR) is 71.1 cm³/mol. The third-order valence-electron chi connectivity index (χ3n) is 2.58. The Morgan fingerprint density at radius 1 is 1.28 bits per heavy atom. The Balaban J connectivity index is 2.18. The van der Waals surface area contributed by atoms with Gasteiger partial charge in [0.05, 0.1) is 12.0 Å². The summed E-state index contributed by atoms with van der Waals surface area (Å²) in [7, 11) is 0. The molecular formula is C14H19N3O. The SMILES string of the molecule is Cc1ccoc1-c1nccc(CNC(C)(C)C)n1. The van der Waals surface area contributed by atoms with Crippen molar-refractivity contribution in [2.24, 2.45) is 0 Å². The van der Waals surface area contributed by atoms with Crippen LogP contribution in [-0.2, 0) is 6.54 Å². The van der Waals surface area contributed by atoms with E-state index in [4.69, 9.17) is 4.42 Å². The second kappa shape index (κ2) is 4.90. The van der Waals surface area contributed by atoms with Crippen molar-refractivity contribution >= 4 is 0 Å². The van der Waals surface area contributed by atoms with Gasteiger partial charge in [0.25, 0.3) is 0 Å².